The van der Waals surface area contributed by atoms with E-state index in [-0.39, 0.29) is 29.8 Å². The number of hydrogen-bond donors (Lipinski definition) is 4. The van der Waals surface area contributed by atoms with Gasteiger partial charge in [0.25, 0.3) is 5.91 Å². The Morgan fingerprint density at radius 3 is 2.47 bits per heavy atom. The van der Waals surface area contributed by atoms with Crippen molar-refractivity contribution in [2.45, 2.75) is 6.04 Å². The van der Waals surface area contributed by atoms with Crippen LogP contribution in [0.15, 0.2) is 73.1 Å². The highest BCUT2D eigenvalue weighted by Crippen LogP contribution is 2.27. The van der Waals surface area contributed by atoms with Gasteiger partial charge in [0.2, 0.25) is 0 Å². The lowest BCUT2D eigenvalue weighted by molar-refractivity contribution is 0.100. The molecule has 162 valence electrons. The summed E-state index contributed by atoms with van der Waals surface area (Å²) in [7, 11) is 0. The van der Waals surface area contributed by atoms with Crippen LogP contribution in [-0.4, -0.2) is 32.4 Å². The van der Waals surface area contributed by atoms with Crippen molar-refractivity contribution in [3.8, 4) is 5.69 Å². The van der Waals surface area contributed by atoms with Gasteiger partial charge in [-0.2, -0.15) is 15.0 Å². The maximum absolute atomic E-state index is 14.8. The first-order chi connectivity index (χ1) is 15.5. The molecule has 9 nitrogen and oxygen atoms in total. The zero-order valence-electron chi connectivity index (χ0n) is 16.9. The van der Waals surface area contributed by atoms with Gasteiger partial charge in [-0.3, -0.25) is 4.79 Å². The predicted molar refractivity (Wildman–Crippen MR) is 119 cm³/mol. The highest BCUT2D eigenvalue weighted by Gasteiger charge is 2.19. The van der Waals surface area contributed by atoms with Crippen molar-refractivity contribution in [3.05, 3.63) is 90.0 Å². The van der Waals surface area contributed by atoms with E-state index in [0.717, 1.165) is 11.6 Å². The number of anilines is 3. The molecule has 2 heterocycles. The first-order valence-electron chi connectivity index (χ1n) is 9.81. The summed E-state index contributed by atoms with van der Waals surface area (Å²) in [5.74, 6) is -1.47. The largest absolute Gasteiger partial charge is 0.365 e. The van der Waals surface area contributed by atoms with Crippen LogP contribution < -0.4 is 22.1 Å². The summed E-state index contributed by atoms with van der Waals surface area (Å²) in [6, 6.07) is 17.2. The summed E-state index contributed by atoms with van der Waals surface area (Å²) < 4.78 is 14.8. The second-order valence-corrected chi connectivity index (χ2v) is 6.92. The molecular formula is C22H21FN8O. The van der Waals surface area contributed by atoms with E-state index in [1.165, 1.54) is 4.80 Å². The molecule has 0 aliphatic carbocycles. The number of nitrogens with zero attached hydrogens (tertiary/aromatic N) is 4. The quantitative estimate of drug-likeness (QED) is 0.336. The molecule has 4 aromatic rings. The van der Waals surface area contributed by atoms with Crippen LogP contribution in [0.3, 0.4) is 0 Å². The zero-order valence-corrected chi connectivity index (χ0v) is 16.9. The van der Waals surface area contributed by atoms with Gasteiger partial charge >= 0.3 is 0 Å². The van der Waals surface area contributed by atoms with Crippen LogP contribution in [0.5, 0.6) is 0 Å². The van der Waals surface area contributed by atoms with E-state index in [1.807, 2.05) is 36.4 Å². The standard InChI is InChI=1S/C22H21FN8O/c23-18-12-17(20(25)32)21(28-15-7-4-8-16(11-15)31-26-9-10-27-31)30-22(18)29-19(13-24)14-5-2-1-3-6-14/h1-12,19H,13,24H2,(H2,25,32)(H2,28,29,30)/t19-/m0/s1. The summed E-state index contributed by atoms with van der Waals surface area (Å²) in [6.07, 6.45) is 3.12. The van der Waals surface area contributed by atoms with Gasteiger partial charge in [0.1, 0.15) is 5.82 Å². The maximum atomic E-state index is 14.8. The number of pyridine rings is 1. The van der Waals surface area contributed by atoms with Crippen molar-refractivity contribution in [3.63, 3.8) is 0 Å². The second kappa shape index (κ2) is 9.23. The summed E-state index contributed by atoms with van der Waals surface area (Å²) in [4.78, 5) is 17.7. The minimum Gasteiger partial charge on any atom is -0.365 e. The van der Waals surface area contributed by atoms with Gasteiger partial charge in [0.05, 0.1) is 29.7 Å². The normalized spacial score (nSPS) is 11.7. The Balaban J connectivity index is 1.67. The maximum Gasteiger partial charge on any atom is 0.252 e. The van der Waals surface area contributed by atoms with Crippen LogP contribution in [0.1, 0.15) is 22.0 Å². The topological polar surface area (TPSA) is 137 Å². The Bertz CT molecular complexity index is 1210. The fourth-order valence-corrected chi connectivity index (χ4v) is 3.20. The molecule has 0 fully saturated rings. The molecule has 4 rings (SSSR count). The minimum absolute atomic E-state index is 0.0540. The van der Waals surface area contributed by atoms with Crippen LogP contribution in [0, 0.1) is 5.82 Å². The van der Waals surface area contributed by atoms with Gasteiger partial charge in [-0.25, -0.2) is 9.37 Å². The average molecular weight is 432 g/mol. The van der Waals surface area contributed by atoms with Gasteiger partial charge in [-0.05, 0) is 29.8 Å². The Morgan fingerprint density at radius 2 is 1.78 bits per heavy atom. The van der Waals surface area contributed by atoms with Crippen molar-refractivity contribution in [2.75, 3.05) is 17.2 Å². The molecule has 2 aromatic heterocycles. The molecule has 0 saturated heterocycles. The van der Waals surface area contributed by atoms with Crippen molar-refractivity contribution < 1.29 is 9.18 Å². The fourth-order valence-electron chi connectivity index (χ4n) is 3.20. The monoisotopic (exact) mass is 432 g/mol. The van der Waals surface area contributed by atoms with Gasteiger partial charge in [-0.15, -0.1) is 0 Å². The van der Waals surface area contributed by atoms with Gasteiger partial charge < -0.3 is 22.1 Å². The summed E-state index contributed by atoms with van der Waals surface area (Å²) in [5, 5.41) is 14.2. The zero-order chi connectivity index (χ0) is 22.5. The van der Waals surface area contributed by atoms with E-state index in [1.54, 1.807) is 30.6 Å². The SMILES string of the molecule is NC[C@H](Nc1nc(Nc2cccc(-n3nccn3)c2)c(C(N)=O)cc1F)c1ccccc1. The number of amides is 1. The number of halogens is 1. The number of carbonyl (C=O) groups excluding carboxylic acids is 1. The number of hydrogen-bond acceptors (Lipinski definition) is 7. The van der Waals surface area contributed by atoms with Gasteiger partial charge in [0.15, 0.2) is 11.6 Å². The molecule has 6 N–H and O–H groups in total. The molecule has 1 atom stereocenters. The van der Waals surface area contributed by atoms with E-state index in [4.69, 9.17) is 11.5 Å². The smallest absolute Gasteiger partial charge is 0.252 e. The number of benzene rings is 2. The molecular weight excluding hydrogens is 411 g/mol. The Morgan fingerprint density at radius 1 is 1.03 bits per heavy atom. The predicted octanol–water partition coefficient (Wildman–Crippen LogP) is 2.76. The molecule has 0 saturated carbocycles. The number of carbonyl (C=O) groups is 1. The van der Waals surface area contributed by atoms with Crippen molar-refractivity contribution in [2.24, 2.45) is 11.5 Å². The van der Waals surface area contributed by atoms with Gasteiger partial charge in [-0.1, -0.05) is 36.4 Å². The lowest BCUT2D eigenvalue weighted by atomic mass is 10.1. The molecule has 0 radical (unpaired) electrons. The molecule has 0 aliphatic heterocycles. The third kappa shape index (κ3) is 4.55. The second-order valence-electron chi connectivity index (χ2n) is 6.92. The molecule has 0 spiro atoms. The van der Waals surface area contributed by atoms with Crippen LogP contribution in [0.2, 0.25) is 0 Å². The number of primary amides is 1. The average Bonchev–Trinajstić information content (AvgIpc) is 3.35. The van der Waals surface area contributed by atoms with Crippen LogP contribution >= 0.6 is 0 Å². The van der Waals surface area contributed by atoms with E-state index in [0.29, 0.717) is 11.4 Å². The Hall–Kier alpha value is -4.31. The molecule has 0 aliphatic rings. The van der Waals surface area contributed by atoms with Crippen LogP contribution in [0.4, 0.5) is 21.7 Å². The molecule has 32 heavy (non-hydrogen) atoms. The van der Waals surface area contributed by atoms with Crippen LogP contribution in [0.25, 0.3) is 5.69 Å². The summed E-state index contributed by atoms with van der Waals surface area (Å²) in [6.45, 7) is 0.213. The highest BCUT2D eigenvalue weighted by atomic mass is 19.1. The summed E-state index contributed by atoms with van der Waals surface area (Å²) in [5.41, 5.74) is 13.4. The first-order valence-corrected chi connectivity index (χ1v) is 9.81. The number of nitrogens with one attached hydrogen (secondary N) is 2. The summed E-state index contributed by atoms with van der Waals surface area (Å²) >= 11 is 0. The lowest BCUT2D eigenvalue weighted by Gasteiger charge is -2.20. The number of nitrogens with two attached hydrogens (primary N) is 2. The molecule has 2 aromatic carbocycles. The van der Waals surface area contributed by atoms with E-state index in [2.05, 4.69) is 25.8 Å². The highest BCUT2D eigenvalue weighted by molar-refractivity contribution is 5.98. The Kier molecular flexibility index (Phi) is 6.04. The minimum atomic E-state index is -0.811. The number of aromatic nitrogens is 4. The van der Waals surface area contributed by atoms with E-state index in [9.17, 15) is 9.18 Å². The molecule has 0 unspecified atom stereocenters. The lowest BCUT2D eigenvalue weighted by Crippen LogP contribution is -2.23. The molecule has 1 amide bonds. The first kappa shape index (κ1) is 20.9. The van der Waals surface area contributed by atoms with Crippen LogP contribution in [-0.2, 0) is 0 Å². The van der Waals surface area contributed by atoms with E-state index >= 15 is 0 Å². The molecule has 10 heteroatoms. The third-order valence-electron chi connectivity index (χ3n) is 4.75. The number of rotatable bonds is 8. The van der Waals surface area contributed by atoms with Crippen molar-refractivity contribution in [1.82, 2.24) is 20.0 Å². The Labute approximate surface area is 183 Å². The van der Waals surface area contributed by atoms with Gasteiger partial charge in [0, 0.05) is 12.2 Å². The third-order valence-corrected chi connectivity index (χ3v) is 4.75. The van der Waals surface area contributed by atoms with E-state index < -0.39 is 11.7 Å². The van der Waals surface area contributed by atoms with Crippen molar-refractivity contribution in [1.29, 1.82) is 0 Å². The molecule has 0 bridgehead atoms. The van der Waals surface area contributed by atoms with Crippen molar-refractivity contribution >= 4 is 23.2 Å². The fraction of sp³-hybridized carbons (Fsp3) is 0.0909.